The van der Waals surface area contributed by atoms with E-state index in [0.717, 1.165) is 32.2 Å². The number of aromatic nitrogens is 1. The molecule has 0 saturated heterocycles. The van der Waals surface area contributed by atoms with Crippen LogP contribution in [0.2, 0.25) is 0 Å². The molecule has 3 N–H and O–H groups in total. The summed E-state index contributed by atoms with van der Waals surface area (Å²) in [7, 11) is 0. The Morgan fingerprint density at radius 3 is 2.28 bits per heavy atom. The van der Waals surface area contributed by atoms with Gasteiger partial charge in [-0.05, 0) is 75.2 Å². The molecule has 1 unspecified atom stereocenters. The maximum atomic E-state index is 13.5. The summed E-state index contributed by atoms with van der Waals surface area (Å²) in [6.45, 7) is 7.81. The molecule has 7 nitrogen and oxygen atoms in total. The van der Waals surface area contributed by atoms with E-state index in [4.69, 9.17) is 0 Å². The van der Waals surface area contributed by atoms with Crippen molar-refractivity contribution in [1.29, 1.82) is 0 Å². The van der Waals surface area contributed by atoms with Gasteiger partial charge in [0.1, 0.15) is 5.70 Å². The average Bonchev–Trinajstić information content (AvgIpc) is 3.41. The molecule has 0 saturated carbocycles. The normalized spacial score (nSPS) is 11.9. The molecular formula is C37H34N4O3S2. The molecular weight excluding hydrogens is 613 g/mol. The molecule has 3 amide bonds. The highest BCUT2D eigenvalue weighted by Gasteiger charge is 2.19. The van der Waals surface area contributed by atoms with Crippen molar-refractivity contribution in [2.45, 2.75) is 37.8 Å². The third-order valence-corrected chi connectivity index (χ3v) is 9.12. The van der Waals surface area contributed by atoms with Crippen molar-refractivity contribution in [2.75, 3.05) is 10.6 Å². The number of carbonyl (C=O) groups excluding carboxylic acids is 3. The van der Waals surface area contributed by atoms with E-state index >= 15 is 0 Å². The van der Waals surface area contributed by atoms with Gasteiger partial charge in [0.2, 0.25) is 5.91 Å². The molecule has 0 fully saturated rings. The minimum atomic E-state index is -0.469. The maximum Gasteiger partial charge on any atom is 0.272 e. The summed E-state index contributed by atoms with van der Waals surface area (Å²) in [4.78, 5) is 46.1. The molecule has 4 aromatic carbocycles. The predicted molar refractivity (Wildman–Crippen MR) is 189 cm³/mol. The first-order valence-corrected chi connectivity index (χ1v) is 16.4. The first-order chi connectivity index (χ1) is 22.2. The van der Waals surface area contributed by atoms with E-state index in [1.165, 1.54) is 28.7 Å². The van der Waals surface area contributed by atoms with E-state index in [1.807, 2.05) is 94.4 Å². The number of hydrogen-bond acceptors (Lipinski definition) is 6. The van der Waals surface area contributed by atoms with Gasteiger partial charge in [0, 0.05) is 26.6 Å². The number of nitrogens with one attached hydrogen (secondary N) is 3. The molecule has 232 valence electrons. The number of thiazole rings is 1. The fourth-order valence-electron chi connectivity index (χ4n) is 4.59. The predicted octanol–water partition coefficient (Wildman–Crippen LogP) is 8.26. The summed E-state index contributed by atoms with van der Waals surface area (Å²) in [5.41, 5.74) is 5.91. The lowest BCUT2D eigenvalue weighted by molar-refractivity contribution is -0.115. The van der Waals surface area contributed by atoms with Gasteiger partial charge in [0.25, 0.3) is 11.8 Å². The second kappa shape index (κ2) is 14.9. The molecule has 5 aromatic rings. The number of thioether (sulfide) groups is 1. The number of aryl methyl sites for hydroxylation is 3. The molecule has 1 heterocycles. The zero-order valence-electron chi connectivity index (χ0n) is 26.0. The van der Waals surface area contributed by atoms with Crippen LogP contribution in [0.15, 0.2) is 114 Å². The van der Waals surface area contributed by atoms with Gasteiger partial charge >= 0.3 is 0 Å². The van der Waals surface area contributed by atoms with Gasteiger partial charge in [-0.25, -0.2) is 4.98 Å². The summed E-state index contributed by atoms with van der Waals surface area (Å²) in [6, 6.07) is 31.8. The third-order valence-electron chi connectivity index (χ3n) is 7.14. The van der Waals surface area contributed by atoms with Crippen LogP contribution in [0.1, 0.15) is 38.8 Å². The topological polar surface area (TPSA) is 100 Å². The van der Waals surface area contributed by atoms with Gasteiger partial charge in [-0.3, -0.25) is 14.4 Å². The number of hydrogen-bond donors (Lipinski definition) is 3. The van der Waals surface area contributed by atoms with Crippen LogP contribution in [0.3, 0.4) is 0 Å². The molecule has 0 spiro atoms. The Kier molecular flexibility index (Phi) is 10.5. The van der Waals surface area contributed by atoms with Crippen LogP contribution in [-0.4, -0.2) is 28.0 Å². The Bertz CT molecular complexity index is 1900. The lowest BCUT2D eigenvalue weighted by atomic mass is 10.1. The summed E-state index contributed by atoms with van der Waals surface area (Å²) in [5, 5.41) is 8.76. The molecule has 9 heteroatoms. The van der Waals surface area contributed by atoms with Crippen molar-refractivity contribution >= 4 is 57.7 Å². The summed E-state index contributed by atoms with van der Waals surface area (Å²) in [5.74, 6) is -1.03. The van der Waals surface area contributed by atoms with Crippen molar-refractivity contribution in [1.82, 2.24) is 10.3 Å². The number of nitrogens with zero attached hydrogens (tertiary/aromatic N) is 1. The Balaban J connectivity index is 1.27. The Morgan fingerprint density at radius 1 is 0.826 bits per heavy atom. The van der Waals surface area contributed by atoms with Crippen LogP contribution in [0.5, 0.6) is 0 Å². The molecule has 46 heavy (non-hydrogen) atoms. The molecule has 5 rings (SSSR count). The maximum absolute atomic E-state index is 13.5. The first-order valence-electron chi connectivity index (χ1n) is 14.7. The molecule has 1 aromatic heterocycles. The molecule has 0 aliphatic rings. The van der Waals surface area contributed by atoms with E-state index in [-0.39, 0.29) is 17.5 Å². The monoisotopic (exact) mass is 646 g/mol. The highest BCUT2D eigenvalue weighted by Crippen LogP contribution is 2.32. The Hall–Kier alpha value is -4.99. The van der Waals surface area contributed by atoms with E-state index < -0.39 is 11.2 Å². The molecule has 1 atom stereocenters. The van der Waals surface area contributed by atoms with Gasteiger partial charge in [-0.15, -0.1) is 23.1 Å². The molecule has 0 aliphatic heterocycles. The zero-order valence-corrected chi connectivity index (χ0v) is 27.6. The number of amides is 3. The summed E-state index contributed by atoms with van der Waals surface area (Å²) >= 11 is 2.82. The van der Waals surface area contributed by atoms with E-state index in [2.05, 4.69) is 20.9 Å². The number of anilines is 2. The van der Waals surface area contributed by atoms with Crippen LogP contribution in [0, 0.1) is 20.8 Å². The van der Waals surface area contributed by atoms with Gasteiger partial charge < -0.3 is 16.0 Å². The number of rotatable bonds is 10. The SMILES string of the molecule is Cc1ccc(-c2nc(NC(=O)C(C)Sc3cccc(NC(=O)/C(=C/c4ccccc4C)NC(=O)c4ccccc4)c3)sc2C)cc1. The second-order valence-electron chi connectivity index (χ2n) is 10.8. The third kappa shape index (κ3) is 8.38. The van der Waals surface area contributed by atoms with Crippen LogP contribution in [-0.2, 0) is 9.59 Å². The second-order valence-corrected chi connectivity index (χ2v) is 13.4. The molecule has 0 radical (unpaired) electrons. The van der Waals surface area contributed by atoms with E-state index in [1.54, 1.807) is 42.5 Å². The zero-order chi connectivity index (χ0) is 32.6. The summed E-state index contributed by atoms with van der Waals surface area (Å²) < 4.78 is 0. The largest absolute Gasteiger partial charge is 0.321 e. The summed E-state index contributed by atoms with van der Waals surface area (Å²) in [6.07, 6.45) is 1.67. The van der Waals surface area contributed by atoms with Crippen molar-refractivity contribution in [3.8, 4) is 11.3 Å². The lowest BCUT2D eigenvalue weighted by Crippen LogP contribution is -2.30. The van der Waals surface area contributed by atoms with Crippen LogP contribution >= 0.6 is 23.1 Å². The molecule has 0 aliphatic carbocycles. The fraction of sp³-hybridized carbons (Fsp3) is 0.135. The van der Waals surface area contributed by atoms with Crippen molar-refractivity contribution in [3.05, 3.63) is 136 Å². The first kappa shape index (κ1) is 32.4. The number of carbonyl (C=O) groups is 3. The Morgan fingerprint density at radius 2 is 1.54 bits per heavy atom. The van der Waals surface area contributed by atoms with Crippen molar-refractivity contribution in [3.63, 3.8) is 0 Å². The Labute approximate surface area is 277 Å². The van der Waals surface area contributed by atoms with Crippen LogP contribution < -0.4 is 16.0 Å². The quantitative estimate of drug-likeness (QED) is 0.105. The average molecular weight is 647 g/mol. The smallest absolute Gasteiger partial charge is 0.272 e. The standard InChI is InChI=1S/C37H34N4O3S2/c1-23-17-19-27(20-18-23)33-25(3)46-37(40-33)41-34(42)26(4)45-31-16-10-15-30(22-31)38-36(44)32(21-29-14-9-8-11-24(29)2)39-35(43)28-12-6-5-7-13-28/h5-22,26H,1-4H3,(H,38,44)(H,39,43)(H,40,41,42)/b32-21-. The van der Waals surface area contributed by atoms with E-state index in [9.17, 15) is 14.4 Å². The minimum absolute atomic E-state index is 0.109. The fourth-order valence-corrected chi connectivity index (χ4v) is 6.35. The highest BCUT2D eigenvalue weighted by molar-refractivity contribution is 8.00. The van der Waals surface area contributed by atoms with Gasteiger partial charge in [0.05, 0.1) is 10.9 Å². The van der Waals surface area contributed by atoms with Gasteiger partial charge in [0.15, 0.2) is 5.13 Å². The van der Waals surface area contributed by atoms with Gasteiger partial charge in [-0.1, -0.05) is 78.4 Å². The highest BCUT2D eigenvalue weighted by atomic mass is 32.2. The minimum Gasteiger partial charge on any atom is -0.321 e. The molecule has 0 bridgehead atoms. The lowest BCUT2D eigenvalue weighted by Gasteiger charge is -2.14. The van der Waals surface area contributed by atoms with Crippen molar-refractivity contribution < 1.29 is 14.4 Å². The number of benzene rings is 4. The van der Waals surface area contributed by atoms with Gasteiger partial charge in [-0.2, -0.15) is 0 Å². The van der Waals surface area contributed by atoms with Crippen molar-refractivity contribution in [2.24, 2.45) is 0 Å². The van der Waals surface area contributed by atoms with Crippen LogP contribution in [0.4, 0.5) is 10.8 Å². The van der Waals surface area contributed by atoms with Crippen LogP contribution in [0.25, 0.3) is 17.3 Å². The van der Waals surface area contributed by atoms with E-state index in [0.29, 0.717) is 16.4 Å².